The smallest absolute Gasteiger partial charge is 0.159 e. The molecular formula is C11H8N2O2. The fourth-order valence-corrected chi connectivity index (χ4v) is 1.18. The molecule has 2 aromatic rings. The fourth-order valence-electron chi connectivity index (χ4n) is 1.18. The van der Waals surface area contributed by atoms with Crippen LogP contribution in [0, 0.1) is 0 Å². The SMILES string of the molecule is O=Cc1ccc(-c2ncc(O)cn2)cc1. The van der Waals surface area contributed by atoms with E-state index in [0.29, 0.717) is 11.4 Å². The van der Waals surface area contributed by atoms with Gasteiger partial charge in [0.2, 0.25) is 0 Å². The largest absolute Gasteiger partial charge is 0.505 e. The minimum atomic E-state index is 0.0308. The average Bonchev–Trinajstić information content (AvgIpc) is 2.30. The number of nitrogens with zero attached hydrogens (tertiary/aromatic N) is 2. The van der Waals surface area contributed by atoms with Gasteiger partial charge in [-0.25, -0.2) is 9.97 Å². The van der Waals surface area contributed by atoms with E-state index in [1.165, 1.54) is 12.4 Å². The highest BCUT2D eigenvalue weighted by molar-refractivity contribution is 5.76. The number of aldehydes is 1. The first-order valence-electron chi connectivity index (χ1n) is 4.36. The molecule has 0 saturated heterocycles. The lowest BCUT2D eigenvalue weighted by Crippen LogP contribution is -1.87. The molecular weight excluding hydrogens is 192 g/mol. The normalized spacial score (nSPS) is 9.87. The van der Waals surface area contributed by atoms with Crippen LogP contribution in [-0.2, 0) is 0 Å². The molecule has 0 aliphatic carbocycles. The Kier molecular flexibility index (Phi) is 2.41. The molecule has 74 valence electrons. The second kappa shape index (κ2) is 3.88. The predicted molar refractivity (Wildman–Crippen MR) is 54.5 cm³/mol. The minimum Gasteiger partial charge on any atom is -0.505 e. The van der Waals surface area contributed by atoms with Crippen molar-refractivity contribution in [3.8, 4) is 17.1 Å². The Morgan fingerprint density at radius 2 is 1.67 bits per heavy atom. The molecule has 1 aromatic heterocycles. The van der Waals surface area contributed by atoms with Crippen molar-refractivity contribution in [3.63, 3.8) is 0 Å². The van der Waals surface area contributed by atoms with Crippen molar-refractivity contribution in [2.75, 3.05) is 0 Å². The summed E-state index contributed by atoms with van der Waals surface area (Å²) in [5.74, 6) is 0.550. The third-order valence-electron chi connectivity index (χ3n) is 1.94. The van der Waals surface area contributed by atoms with Gasteiger partial charge in [0.25, 0.3) is 0 Å². The van der Waals surface area contributed by atoms with E-state index in [2.05, 4.69) is 9.97 Å². The summed E-state index contributed by atoms with van der Waals surface area (Å²) in [6, 6.07) is 6.91. The molecule has 0 fully saturated rings. The maximum atomic E-state index is 10.4. The zero-order valence-corrected chi connectivity index (χ0v) is 7.79. The number of rotatable bonds is 2. The summed E-state index contributed by atoms with van der Waals surface area (Å²) in [6.45, 7) is 0. The van der Waals surface area contributed by atoms with Gasteiger partial charge < -0.3 is 5.11 Å². The molecule has 2 rings (SSSR count). The second-order valence-corrected chi connectivity index (χ2v) is 3.00. The number of benzene rings is 1. The lowest BCUT2D eigenvalue weighted by Gasteiger charge is -1.99. The third-order valence-corrected chi connectivity index (χ3v) is 1.94. The van der Waals surface area contributed by atoms with Crippen molar-refractivity contribution in [2.45, 2.75) is 0 Å². The molecule has 0 saturated carbocycles. The molecule has 1 heterocycles. The van der Waals surface area contributed by atoms with Crippen molar-refractivity contribution < 1.29 is 9.90 Å². The Labute approximate surface area is 86.2 Å². The lowest BCUT2D eigenvalue weighted by molar-refractivity contribution is 0.112. The lowest BCUT2D eigenvalue weighted by atomic mass is 10.1. The van der Waals surface area contributed by atoms with Crippen LogP contribution in [0.5, 0.6) is 5.75 Å². The van der Waals surface area contributed by atoms with Gasteiger partial charge in [-0.05, 0) is 0 Å². The first-order chi connectivity index (χ1) is 7.29. The van der Waals surface area contributed by atoms with Crippen molar-refractivity contribution in [1.82, 2.24) is 9.97 Å². The van der Waals surface area contributed by atoms with E-state index in [1.54, 1.807) is 24.3 Å². The zero-order valence-electron chi connectivity index (χ0n) is 7.79. The third kappa shape index (κ3) is 1.99. The standard InChI is InChI=1S/C11H8N2O2/c14-7-8-1-3-9(4-2-8)11-12-5-10(15)6-13-11/h1-7,15H. The van der Waals surface area contributed by atoms with Gasteiger partial charge in [0.1, 0.15) is 6.29 Å². The summed E-state index contributed by atoms with van der Waals surface area (Å²) in [6.07, 6.45) is 3.44. The van der Waals surface area contributed by atoms with Crippen LogP contribution in [0.25, 0.3) is 11.4 Å². The molecule has 0 amide bonds. The molecule has 15 heavy (non-hydrogen) atoms. The van der Waals surface area contributed by atoms with Gasteiger partial charge in [-0.1, -0.05) is 24.3 Å². The van der Waals surface area contributed by atoms with Gasteiger partial charge in [-0.15, -0.1) is 0 Å². The van der Waals surface area contributed by atoms with Crippen molar-refractivity contribution in [1.29, 1.82) is 0 Å². The minimum absolute atomic E-state index is 0.0308. The van der Waals surface area contributed by atoms with Crippen LogP contribution >= 0.6 is 0 Å². The van der Waals surface area contributed by atoms with Crippen LogP contribution in [0.15, 0.2) is 36.7 Å². The van der Waals surface area contributed by atoms with Gasteiger partial charge in [-0.3, -0.25) is 4.79 Å². The van der Waals surface area contributed by atoms with Gasteiger partial charge in [0.15, 0.2) is 11.6 Å². The quantitative estimate of drug-likeness (QED) is 0.749. The summed E-state index contributed by atoms with van der Waals surface area (Å²) in [5, 5.41) is 9.01. The van der Waals surface area contributed by atoms with Crippen LogP contribution in [-0.4, -0.2) is 21.4 Å². The Hall–Kier alpha value is -2.23. The number of aromatic nitrogens is 2. The van der Waals surface area contributed by atoms with E-state index in [9.17, 15) is 4.79 Å². The van der Waals surface area contributed by atoms with Gasteiger partial charge >= 0.3 is 0 Å². The summed E-state index contributed by atoms with van der Waals surface area (Å²) in [4.78, 5) is 18.3. The van der Waals surface area contributed by atoms with E-state index in [4.69, 9.17) is 5.11 Å². The highest BCUT2D eigenvalue weighted by atomic mass is 16.3. The number of aromatic hydroxyl groups is 1. The monoisotopic (exact) mass is 200 g/mol. The molecule has 1 N–H and O–H groups in total. The van der Waals surface area contributed by atoms with Crippen molar-refractivity contribution >= 4 is 6.29 Å². The number of carbonyl (C=O) groups excluding carboxylic acids is 1. The highest BCUT2D eigenvalue weighted by Gasteiger charge is 2.00. The molecule has 4 nitrogen and oxygen atoms in total. The first-order valence-corrected chi connectivity index (χ1v) is 4.36. The summed E-state index contributed by atoms with van der Waals surface area (Å²) in [5.41, 5.74) is 1.41. The molecule has 1 aromatic carbocycles. The zero-order chi connectivity index (χ0) is 10.7. The molecule has 0 atom stereocenters. The number of hydrogen-bond acceptors (Lipinski definition) is 4. The van der Waals surface area contributed by atoms with Crippen LogP contribution < -0.4 is 0 Å². The van der Waals surface area contributed by atoms with Crippen LogP contribution in [0.1, 0.15) is 10.4 Å². The molecule has 0 radical (unpaired) electrons. The van der Waals surface area contributed by atoms with E-state index in [0.717, 1.165) is 11.8 Å². The maximum Gasteiger partial charge on any atom is 0.159 e. The maximum absolute atomic E-state index is 10.4. The average molecular weight is 200 g/mol. The van der Waals surface area contributed by atoms with Gasteiger partial charge in [-0.2, -0.15) is 0 Å². The van der Waals surface area contributed by atoms with Crippen LogP contribution in [0.3, 0.4) is 0 Å². The van der Waals surface area contributed by atoms with E-state index < -0.39 is 0 Å². The number of carbonyl (C=O) groups is 1. The van der Waals surface area contributed by atoms with E-state index in [1.807, 2.05) is 0 Å². The summed E-state index contributed by atoms with van der Waals surface area (Å²) >= 11 is 0. The molecule has 0 bridgehead atoms. The Morgan fingerprint density at radius 3 is 2.20 bits per heavy atom. The summed E-state index contributed by atoms with van der Waals surface area (Å²) in [7, 11) is 0. The number of hydrogen-bond donors (Lipinski definition) is 1. The molecule has 4 heteroatoms. The van der Waals surface area contributed by atoms with Crippen molar-refractivity contribution in [3.05, 3.63) is 42.2 Å². The topological polar surface area (TPSA) is 63.1 Å². The van der Waals surface area contributed by atoms with E-state index in [-0.39, 0.29) is 5.75 Å². The molecule has 0 spiro atoms. The van der Waals surface area contributed by atoms with Gasteiger partial charge in [0, 0.05) is 11.1 Å². The van der Waals surface area contributed by atoms with Crippen LogP contribution in [0.2, 0.25) is 0 Å². The predicted octanol–water partition coefficient (Wildman–Crippen LogP) is 1.66. The Morgan fingerprint density at radius 1 is 1.07 bits per heavy atom. The Balaban J connectivity index is 2.37. The molecule has 0 unspecified atom stereocenters. The van der Waals surface area contributed by atoms with Gasteiger partial charge in [0.05, 0.1) is 12.4 Å². The summed E-state index contributed by atoms with van der Waals surface area (Å²) < 4.78 is 0. The highest BCUT2D eigenvalue weighted by Crippen LogP contribution is 2.15. The van der Waals surface area contributed by atoms with Crippen LogP contribution in [0.4, 0.5) is 0 Å². The van der Waals surface area contributed by atoms with E-state index >= 15 is 0 Å². The fraction of sp³-hybridized carbons (Fsp3) is 0. The van der Waals surface area contributed by atoms with Crippen molar-refractivity contribution in [2.24, 2.45) is 0 Å². The Bertz CT molecular complexity index is 463. The first kappa shape index (κ1) is 9.33. The second-order valence-electron chi connectivity index (χ2n) is 3.00. The molecule has 0 aliphatic heterocycles. The molecule has 0 aliphatic rings.